The van der Waals surface area contributed by atoms with Crippen molar-refractivity contribution in [2.24, 2.45) is 0 Å². The van der Waals surface area contributed by atoms with Crippen molar-refractivity contribution in [3.8, 4) is 29.4 Å². The van der Waals surface area contributed by atoms with Crippen LogP contribution in [0.25, 0.3) is 6.08 Å². The van der Waals surface area contributed by atoms with Crippen molar-refractivity contribution < 1.29 is 14.2 Å². The van der Waals surface area contributed by atoms with Gasteiger partial charge >= 0.3 is 0 Å². The summed E-state index contributed by atoms with van der Waals surface area (Å²) in [5, 5.41) is 17.6. The van der Waals surface area contributed by atoms with Crippen LogP contribution in [0.1, 0.15) is 17.5 Å². The number of hydrogen-bond acceptors (Lipinski definition) is 5. The van der Waals surface area contributed by atoms with Crippen molar-refractivity contribution in [3.05, 3.63) is 95.6 Å². The Kier molecular flexibility index (Phi) is 8.11. The SMILES string of the molecule is N#CC(C#N)=Cc1ccc(OCCCOc2ccc(OCc3ccccc3)cc2)cc1. The van der Waals surface area contributed by atoms with Gasteiger partial charge < -0.3 is 14.2 Å². The lowest BCUT2D eigenvalue weighted by Gasteiger charge is -2.10. The van der Waals surface area contributed by atoms with Gasteiger partial charge in [-0.15, -0.1) is 0 Å². The Morgan fingerprint density at radius 1 is 0.677 bits per heavy atom. The Hall–Kier alpha value is -4.22. The molecular formula is C26H22N2O3. The highest BCUT2D eigenvalue weighted by Crippen LogP contribution is 2.19. The quantitative estimate of drug-likeness (QED) is 0.324. The van der Waals surface area contributed by atoms with Crippen LogP contribution in [0.2, 0.25) is 0 Å². The van der Waals surface area contributed by atoms with Crippen LogP contribution < -0.4 is 14.2 Å². The number of rotatable bonds is 10. The molecule has 3 aromatic rings. The molecule has 0 aromatic heterocycles. The van der Waals surface area contributed by atoms with Gasteiger partial charge in [0.05, 0.1) is 13.2 Å². The number of hydrogen-bond donors (Lipinski definition) is 0. The van der Waals surface area contributed by atoms with E-state index in [1.54, 1.807) is 0 Å². The zero-order chi connectivity index (χ0) is 21.7. The first-order chi connectivity index (χ1) is 15.3. The molecule has 3 rings (SSSR count). The van der Waals surface area contributed by atoms with Crippen LogP contribution in [0.3, 0.4) is 0 Å². The monoisotopic (exact) mass is 410 g/mol. The van der Waals surface area contributed by atoms with Gasteiger partial charge in [0, 0.05) is 6.42 Å². The highest BCUT2D eigenvalue weighted by Gasteiger charge is 2.00. The third kappa shape index (κ3) is 7.27. The molecular weight excluding hydrogens is 388 g/mol. The number of allylic oxidation sites excluding steroid dienone is 1. The minimum Gasteiger partial charge on any atom is -0.493 e. The molecule has 0 radical (unpaired) electrons. The zero-order valence-corrected chi connectivity index (χ0v) is 17.0. The molecule has 0 fully saturated rings. The van der Waals surface area contributed by atoms with Crippen LogP contribution in [0.4, 0.5) is 0 Å². The van der Waals surface area contributed by atoms with E-state index in [1.165, 1.54) is 6.08 Å². The highest BCUT2D eigenvalue weighted by atomic mass is 16.5. The second kappa shape index (κ2) is 11.7. The molecule has 0 saturated heterocycles. The summed E-state index contributed by atoms with van der Waals surface area (Å²) >= 11 is 0. The van der Waals surface area contributed by atoms with E-state index < -0.39 is 0 Å². The maximum absolute atomic E-state index is 8.79. The highest BCUT2D eigenvalue weighted by molar-refractivity contribution is 5.62. The van der Waals surface area contributed by atoms with Crippen molar-refractivity contribution >= 4 is 6.08 Å². The molecule has 0 N–H and O–H groups in total. The molecule has 5 heteroatoms. The van der Waals surface area contributed by atoms with Gasteiger partial charge in [-0.2, -0.15) is 10.5 Å². The molecule has 0 heterocycles. The Morgan fingerprint density at radius 2 is 1.19 bits per heavy atom. The van der Waals surface area contributed by atoms with Gasteiger partial charge in [-0.25, -0.2) is 0 Å². The third-order valence-electron chi connectivity index (χ3n) is 4.33. The molecule has 5 nitrogen and oxygen atoms in total. The standard InChI is InChI=1S/C26H22N2O3/c27-18-23(19-28)17-21-7-9-24(10-8-21)29-15-4-16-30-25-11-13-26(14-12-25)31-20-22-5-2-1-3-6-22/h1-3,5-14,17H,4,15-16,20H2. The minimum atomic E-state index is 0.0709. The maximum atomic E-state index is 8.79. The van der Waals surface area contributed by atoms with E-state index in [4.69, 9.17) is 24.7 Å². The number of ether oxygens (including phenoxy) is 3. The van der Waals surface area contributed by atoms with Crippen molar-refractivity contribution in [1.29, 1.82) is 10.5 Å². The Morgan fingerprint density at radius 3 is 1.74 bits per heavy atom. The van der Waals surface area contributed by atoms with E-state index in [-0.39, 0.29) is 5.57 Å². The number of nitrogens with zero attached hydrogens (tertiary/aromatic N) is 2. The second-order valence-corrected chi connectivity index (χ2v) is 6.65. The average Bonchev–Trinajstić information content (AvgIpc) is 2.83. The van der Waals surface area contributed by atoms with Crippen molar-refractivity contribution in [3.63, 3.8) is 0 Å². The fourth-order valence-electron chi connectivity index (χ4n) is 2.73. The predicted octanol–water partition coefficient (Wildman–Crippen LogP) is 5.54. The van der Waals surface area contributed by atoms with Gasteiger partial charge in [0.1, 0.15) is 41.6 Å². The van der Waals surface area contributed by atoms with E-state index >= 15 is 0 Å². The lowest BCUT2D eigenvalue weighted by molar-refractivity contribution is 0.247. The van der Waals surface area contributed by atoms with Gasteiger partial charge in [-0.1, -0.05) is 42.5 Å². The maximum Gasteiger partial charge on any atom is 0.130 e. The lowest BCUT2D eigenvalue weighted by atomic mass is 10.1. The van der Waals surface area contributed by atoms with Crippen LogP contribution in [0, 0.1) is 22.7 Å². The molecule has 0 aliphatic heterocycles. The summed E-state index contributed by atoms with van der Waals surface area (Å²) in [7, 11) is 0. The summed E-state index contributed by atoms with van der Waals surface area (Å²) in [6.07, 6.45) is 2.27. The second-order valence-electron chi connectivity index (χ2n) is 6.65. The largest absolute Gasteiger partial charge is 0.493 e. The van der Waals surface area contributed by atoms with Gasteiger partial charge in [0.25, 0.3) is 0 Å². The van der Waals surface area contributed by atoms with Gasteiger partial charge in [0.2, 0.25) is 0 Å². The summed E-state index contributed by atoms with van der Waals surface area (Å²) in [5.41, 5.74) is 1.98. The van der Waals surface area contributed by atoms with E-state index in [0.29, 0.717) is 19.8 Å². The number of benzene rings is 3. The summed E-state index contributed by atoms with van der Waals surface area (Å²) < 4.78 is 17.2. The van der Waals surface area contributed by atoms with E-state index in [9.17, 15) is 0 Å². The van der Waals surface area contributed by atoms with Crippen LogP contribution >= 0.6 is 0 Å². The molecule has 0 aliphatic carbocycles. The topological polar surface area (TPSA) is 75.3 Å². The Labute approximate surface area is 182 Å². The summed E-state index contributed by atoms with van der Waals surface area (Å²) in [4.78, 5) is 0. The molecule has 3 aromatic carbocycles. The van der Waals surface area contributed by atoms with Gasteiger partial charge in [-0.05, 0) is 53.6 Å². The lowest BCUT2D eigenvalue weighted by Crippen LogP contribution is -2.05. The van der Waals surface area contributed by atoms with E-state index in [1.807, 2.05) is 91.0 Å². The average molecular weight is 410 g/mol. The summed E-state index contributed by atoms with van der Waals surface area (Å²) in [5.74, 6) is 2.32. The zero-order valence-electron chi connectivity index (χ0n) is 17.0. The fraction of sp³-hybridized carbons (Fsp3) is 0.154. The predicted molar refractivity (Wildman–Crippen MR) is 118 cm³/mol. The molecule has 31 heavy (non-hydrogen) atoms. The van der Waals surface area contributed by atoms with Crippen LogP contribution in [0.5, 0.6) is 17.2 Å². The molecule has 154 valence electrons. The van der Waals surface area contributed by atoms with Crippen LogP contribution in [0.15, 0.2) is 84.4 Å². The smallest absolute Gasteiger partial charge is 0.130 e. The molecule has 0 unspecified atom stereocenters. The molecule has 0 aliphatic rings. The molecule has 0 spiro atoms. The molecule has 0 amide bonds. The van der Waals surface area contributed by atoms with Gasteiger partial charge in [0.15, 0.2) is 0 Å². The first-order valence-electron chi connectivity index (χ1n) is 9.91. The first-order valence-corrected chi connectivity index (χ1v) is 9.91. The van der Waals surface area contributed by atoms with Crippen molar-refractivity contribution in [1.82, 2.24) is 0 Å². The first kappa shape index (κ1) is 21.5. The van der Waals surface area contributed by atoms with Crippen molar-refractivity contribution in [2.45, 2.75) is 13.0 Å². The Bertz CT molecular complexity index is 1040. The fourth-order valence-corrected chi connectivity index (χ4v) is 2.73. The Balaban J connectivity index is 1.35. The minimum absolute atomic E-state index is 0.0709. The van der Waals surface area contributed by atoms with E-state index in [0.717, 1.165) is 34.8 Å². The van der Waals surface area contributed by atoms with Gasteiger partial charge in [-0.3, -0.25) is 0 Å². The summed E-state index contributed by atoms with van der Waals surface area (Å²) in [6, 6.07) is 28.5. The van der Waals surface area contributed by atoms with Crippen LogP contribution in [-0.4, -0.2) is 13.2 Å². The molecule has 0 saturated carbocycles. The van der Waals surface area contributed by atoms with E-state index in [2.05, 4.69) is 0 Å². The molecule has 0 atom stereocenters. The number of nitriles is 2. The molecule has 0 bridgehead atoms. The normalized spacial score (nSPS) is 9.74. The third-order valence-corrected chi connectivity index (χ3v) is 4.33. The van der Waals surface area contributed by atoms with Crippen LogP contribution in [-0.2, 0) is 6.61 Å². The summed E-state index contributed by atoms with van der Waals surface area (Å²) in [6.45, 7) is 1.60. The van der Waals surface area contributed by atoms with Crippen molar-refractivity contribution in [2.75, 3.05) is 13.2 Å².